The summed E-state index contributed by atoms with van der Waals surface area (Å²) < 4.78 is 5.23. The number of ether oxygens (including phenoxy) is 1. The maximum absolute atomic E-state index is 12.7. The summed E-state index contributed by atoms with van der Waals surface area (Å²) in [7, 11) is 0. The SMILES string of the molecule is CC(C)C(C#N)NC(=O)C(Cc1ccccc1)NC(=O)OCc1ccccc1. The molecule has 0 heterocycles. The molecule has 0 fully saturated rings. The number of carbonyl (C=O) groups excluding carboxylic acids is 2. The van der Waals surface area contributed by atoms with Gasteiger partial charge in [0, 0.05) is 6.42 Å². The van der Waals surface area contributed by atoms with E-state index in [2.05, 4.69) is 16.7 Å². The van der Waals surface area contributed by atoms with Crippen molar-refractivity contribution in [1.29, 1.82) is 5.26 Å². The Morgan fingerprint density at radius 3 is 2.07 bits per heavy atom. The normalized spacial score (nSPS) is 12.5. The molecule has 0 saturated carbocycles. The number of hydrogen-bond donors (Lipinski definition) is 2. The molecule has 0 aliphatic carbocycles. The molecule has 2 atom stereocenters. The highest BCUT2D eigenvalue weighted by Crippen LogP contribution is 2.07. The van der Waals surface area contributed by atoms with Crippen LogP contribution in [0.2, 0.25) is 0 Å². The Balaban J connectivity index is 2.03. The molecule has 6 nitrogen and oxygen atoms in total. The highest BCUT2D eigenvalue weighted by molar-refractivity contribution is 5.86. The zero-order valence-corrected chi connectivity index (χ0v) is 16.1. The Labute approximate surface area is 165 Å². The van der Waals surface area contributed by atoms with Crippen LogP contribution in [0.1, 0.15) is 25.0 Å². The van der Waals surface area contributed by atoms with Crippen molar-refractivity contribution in [2.75, 3.05) is 0 Å². The molecule has 0 spiro atoms. The average Bonchev–Trinajstić information content (AvgIpc) is 2.71. The third-order valence-corrected chi connectivity index (χ3v) is 4.21. The number of rotatable bonds is 8. The molecule has 2 aromatic rings. The van der Waals surface area contributed by atoms with Crippen LogP contribution in [-0.2, 0) is 22.6 Å². The van der Waals surface area contributed by atoms with E-state index in [1.54, 1.807) is 0 Å². The summed E-state index contributed by atoms with van der Waals surface area (Å²) in [5.41, 5.74) is 1.75. The Bertz CT molecular complexity index is 801. The zero-order valence-electron chi connectivity index (χ0n) is 16.1. The van der Waals surface area contributed by atoms with Crippen LogP contribution in [0.25, 0.3) is 0 Å². The summed E-state index contributed by atoms with van der Waals surface area (Å²) in [6.45, 7) is 3.81. The van der Waals surface area contributed by atoms with Crippen LogP contribution < -0.4 is 10.6 Å². The standard InChI is InChI=1S/C22H25N3O3/c1-16(2)20(14-23)24-21(26)19(13-17-9-5-3-6-10-17)25-22(27)28-15-18-11-7-4-8-12-18/h3-12,16,19-20H,13,15H2,1-2H3,(H,24,26)(H,25,27). The van der Waals surface area contributed by atoms with E-state index in [9.17, 15) is 14.9 Å². The lowest BCUT2D eigenvalue weighted by Crippen LogP contribution is -2.51. The number of amides is 2. The fraction of sp³-hybridized carbons (Fsp3) is 0.318. The van der Waals surface area contributed by atoms with Gasteiger partial charge in [-0.25, -0.2) is 4.79 Å². The fourth-order valence-corrected chi connectivity index (χ4v) is 2.57. The molecule has 2 amide bonds. The number of benzene rings is 2. The van der Waals surface area contributed by atoms with Gasteiger partial charge in [-0.1, -0.05) is 74.5 Å². The minimum absolute atomic E-state index is 0.0450. The second-order valence-electron chi connectivity index (χ2n) is 6.81. The van der Waals surface area contributed by atoms with Crippen LogP contribution in [0.5, 0.6) is 0 Å². The number of hydrogen-bond acceptors (Lipinski definition) is 4. The average molecular weight is 379 g/mol. The molecule has 0 bridgehead atoms. The van der Waals surface area contributed by atoms with Gasteiger partial charge in [0.2, 0.25) is 5.91 Å². The van der Waals surface area contributed by atoms with E-state index in [0.29, 0.717) is 6.42 Å². The molecule has 0 radical (unpaired) electrons. The third kappa shape index (κ3) is 6.76. The Morgan fingerprint density at radius 1 is 0.964 bits per heavy atom. The van der Waals surface area contributed by atoms with Crippen molar-refractivity contribution in [1.82, 2.24) is 10.6 Å². The second-order valence-corrected chi connectivity index (χ2v) is 6.81. The van der Waals surface area contributed by atoms with E-state index >= 15 is 0 Å². The molecule has 2 aromatic carbocycles. The minimum atomic E-state index is -0.847. The number of nitrogens with one attached hydrogen (secondary N) is 2. The molecule has 2 rings (SSSR count). The van der Waals surface area contributed by atoms with E-state index in [1.807, 2.05) is 74.5 Å². The molecular weight excluding hydrogens is 354 g/mol. The largest absolute Gasteiger partial charge is 0.445 e. The molecule has 2 N–H and O–H groups in total. The first kappa shape index (κ1) is 21.0. The van der Waals surface area contributed by atoms with E-state index in [-0.39, 0.29) is 12.5 Å². The van der Waals surface area contributed by atoms with E-state index < -0.39 is 24.1 Å². The summed E-state index contributed by atoms with van der Waals surface area (Å²) in [6, 6.07) is 19.3. The van der Waals surface area contributed by atoms with Gasteiger partial charge in [0.05, 0.1) is 6.07 Å². The van der Waals surface area contributed by atoms with Gasteiger partial charge in [-0.05, 0) is 17.0 Å². The van der Waals surface area contributed by atoms with Crippen LogP contribution in [0.4, 0.5) is 4.79 Å². The van der Waals surface area contributed by atoms with Crippen molar-refractivity contribution in [2.45, 2.75) is 39.0 Å². The molecule has 2 unspecified atom stereocenters. The summed E-state index contributed by atoms with van der Waals surface area (Å²) in [5, 5.41) is 14.5. The van der Waals surface area contributed by atoms with Crippen molar-refractivity contribution >= 4 is 12.0 Å². The number of alkyl carbamates (subject to hydrolysis) is 1. The van der Waals surface area contributed by atoms with Crippen molar-refractivity contribution in [3.8, 4) is 6.07 Å². The third-order valence-electron chi connectivity index (χ3n) is 4.21. The maximum Gasteiger partial charge on any atom is 0.408 e. The molecule has 0 aliphatic rings. The minimum Gasteiger partial charge on any atom is -0.445 e. The van der Waals surface area contributed by atoms with Gasteiger partial charge in [0.1, 0.15) is 18.7 Å². The lowest BCUT2D eigenvalue weighted by molar-refractivity contribution is -0.123. The van der Waals surface area contributed by atoms with Crippen LogP contribution in [0, 0.1) is 17.2 Å². The Morgan fingerprint density at radius 2 is 1.54 bits per heavy atom. The first-order valence-corrected chi connectivity index (χ1v) is 9.20. The van der Waals surface area contributed by atoms with Crippen molar-refractivity contribution in [3.63, 3.8) is 0 Å². The fourth-order valence-electron chi connectivity index (χ4n) is 2.57. The lowest BCUT2D eigenvalue weighted by atomic mass is 10.0. The summed E-state index contributed by atoms with van der Waals surface area (Å²) >= 11 is 0. The monoisotopic (exact) mass is 379 g/mol. The lowest BCUT2D eigenvalue weighted by Gasteiger charge is -2.22. The molecule has 0 aromatic heterocycles. The van der Waals surface area contributed by atoms with Crippen molar-refractivity contribution in [2.24, 2.45) is 5.92 Å². The van der Waals surface area contributed by atoms with Gasteiger partial charge in [-0.15, -0.1) is 0 Å². The maximum atomic E-state index is 12.7. The second kappa shape index (κ2) is 10.7. The first-order chi connectivity index (χ1) is 13.5. The van der Waals surface area contributed by atoms with Crippen LogP contribution >= 0.6 is 0 Å². The van der Waals surface area contributed by atoms with Gasteiger partial charge >= 0.3 is 6.09 Å². The predicted octanol–water partition coefficient (Wildman–Crippen LogP) is 3.19. The van der Waals surface area contributed by atoms with Crippen molar-refractivity contribution < 1.29 is 14.3 Å². The Hall–Kier alpha value is -3.33. The van der Waals surface area contributed by atoms with Gasteiger partial charge in [0.25, 0.3) is 0 Å². The van der Waals surface area contributed by atoms with E-state index in [1.165, 1.54) is 0 Å². The highest BCUT2D eigenvalue weighted by Gasteiger charge is 2.25. The van der Waals surface area contributed by atoms with Crippen LogP contribution in [0.3, 0.4) is 0 Å². The van der Waals surface area contributed by atoms with E-state index in [4.69, 9.17) is 4.74 Å². The van der Waals surface area contributed by atoms with Crippen LogP contribution in [0.15, 0.2) is 60.7 Å². The van der Waals surface area contributed by atoms with Crippen LogP contribution in [-0.4, -0.2) is 24.1 Å². The van der Waals surface area contributed by atoms with Gasteiger partial charge in [0.15, 0.2) is 0 Å². The molecule has 0 saturated heterocycles. The predicted molar refractivity (Wildman–Crippen MR) is 106 cm³/mol. The number of nitriles is 1. The molecule has 0 aliphatic heterocycles. The molecular formula is C22H25N3O3. The van der Waals surface area contributed by atoms with Gasteiger partial charge < -0.3 is 15.4 Å². The van der Waals surface area contributed by atoms with Gasteiger partial charge in [-0.2, -0.15) is 5.26 Å². The number of carbonyl (C=O) groups is 2. The smallest absolute Gasteiger partial charge is 0.408 e. The summed E-state index contributed by atoms with van der Waals surface area (Å²) in [6.07, 6.45) is -0.387. The molecule has 28 heavy (non-hydrogen) atoms. The van der Waals surface area contributed by atoms with Crippen molar-refractivity contribution in [3.05, 3.63) is 71.8 Å². The number of nitrogens with zero attached hydrogens (tertiary/aromatic N) is 1. The van der Waals surface area contributed by atoms with E-state index in [0.717, 1.165) is 11.1 Å². The highest BCUT2D eigenvalue weighted by atomic mass is 16.5. The topological polar surface area (TPSA) is 91.2 Å². The quantitative estimate of drug-likeness (QED) is 0.737. The van der Waals surface area contributed by atoms with Gasteiger partial charge in [-0.3, -0.25) is 4.79 Å². The Kier molecular flexibility index (Phi) is 8.04. The first-order valence-electron chi connectivity index (χ1n) is 9.20. The summed E-state index contributed by atoms with van der Waals surface area (Å²) in [5.74, 6) is -0.461. The molecule has 146 valence electrons. The summed E-state index contributed by atoms with van der Waals surface area (Å²) in [4.78, 5) is 24.9. The molecule has 6 heteroatoms. The zero-order chi connectivity index (χ0) is 20.4.